The highest BCUT2D eigenvalue weighted by Crippen LogP contribution is 2.54. The van der Waals surface area contributed by atoms with Gasteiger partial charge in [0.15, 0.2) is 18.2 Å². The second-order valence-corrected chi connectivity index (χ2v) is 19.1. The van der Waals surface area contributed by atoms with Crippen molar-refractivity contribution < 1.29 is 66.9 Å². The Hall–Kier alpha value is -2.27. The number of hydrogen-bond acceptors (Lipinski definition) is 11. The van der Waals surface area contributed by atoms with E-state index in [0.29, 0.717) is 51.4 Å². The molecule has 13 nitrogen and oxygen atoms in total. The first-order valence-electron chi connectivity index (χ1n) is 22.6. The molecular weight excluding hydrogens is 784 g/mol. The summed E-state index contributed by atoms with van der Waals surface area (Å²) in [6.45, 7) is 18.0. The molecule has 0 aromatic heterocycles. The second kappa shape index (κ2) is 19.2. The Bertz CT molecular complexity index is 1540. The predicted molar refractivity (Wildman–Crippen MR) is 217 cm³/mol. The molecule has 5 aliphatic rings. The van der Waals surface area contributed by atoms with E-state index in [2.05, 4.69) is 5.32 Å². The monoisotopic (exact) mass is 858 g/mol. The molecule has 4 N–H and O–H groups in total. The average molecular weight is 858 g/mol. The smallest absolute Gasteiger partial charge is 0.407 e. The minimum Gasteiger partial charge on any atom is -0.481 e. The summed E-state index contributed by atoms with van der Waals surface area (Å²) in [6, 6.07) is -0.968. The Labute approximate surface area is 355 Å². The maximum Gasteiger partial charge on any atom is 0.407 e. The summed E-state index contributed by atoms with van der Waals surface area (Å²) in [4.78, 5) is 39.5. The van der Waals surface area contributed by atoms with E-state index in [4.69, 9.17) is 28.4 Å². The van der Waals surface area contributed by atoms with Crippen LogP contribution in [0, 0.1) is 41.4 Å². The van der Waals surface area contributed by atoms with Crippen LogP contribution in [-0.4, -0.2) is 112 Å². The van der Waals surface area contributed by atoms with Crippen molar-refractivity contribution in [2.24, 2.45) is 41.4 Å². The first kappa shape index (κ1) is 48.8. The molecule has 0 saturated carbocycles. The number of carbonyl (C=O) groups excluding carboxylic acids is 2. The number of nitrogens with one attached hydrogen (secondary N) is 1. The highest BCUT2D eigenvalue weighted by Gasteiger charge is 2.63. The van der Waals surface area contributed by atoms with E-state index in [1.165, 1.54) is 0 Å². The number of Topliss-reactive ketones (excluding diaryl/α,β-unsaturated/α-hetero) is 1. The van der Waals surface area contributed by atoms with Crippen LogP contribution < -0.4 is 5.32 Å². The number of aliphatic hydroxyl groups is 2. The van der Waals surface area contributed by atoms with Gasteiger partial charge < -0.3 is 49.1 Å². The van der Waals surface area contributed by atoms with E-state index < -0.39 is 114 Å². The number of carboxylic acid groups (broad SMARTS) is 1. The number of carboxylic acids is 1. The van der Waals surface area contributed by atoms with Gasteiger partial charge in [-0.1, -0.05) is 61.5 Å². The van der Waals surface area contributed by atoms with Crippen molar-refractivity contribution in [1.82, 2.24) is 5.32 Å². The van der Waals surface area contributed by atoms with Crippen LogP contribution in [-0.2, 0) is 38.0 Å². The number of ketones is 1. The molecule has 18 atom stereocenters. The fourth-order valence-electron chi connectivity index (χ4n) is 11.0. The minimum absolute atomic E-state index is 0.0591. The number of aliphatic hydroxyl groups excluding tert-OH is 1. The Morgan fingerprint density at radius 1 is 0.917 bits per heavy atom. The fraction of sp³-hybridized carbons (Fsp3) is 0.889. The van der Waals surface area contributed by atoms with Crippen LogP contribution in [0.2, 0.25) is 0 Å². The molecule has 1 unspecified atom stereocenters. The Morgan fingerprint density at radius 3 is 2.20 bits per heavy atom. The number of alkyl carbamates (subject to hydrolysis) is 1. The van der Waals surface area contributed by atoms with Crippen LogP contribution in [0.5, 0.6) is 0 Å². The van der Waals surface area contributed by atoms with Crippen molar-refractivity contribution in [1.29, 1.82) is 0 Å². The normalized spacial score (nSPS) is 42.1. The number of halogens is 2. The largest absolute Gasteiger partial charge is 0.481 e. The van der Waals surface area contributed by atoms with Gasteiger partial charge in [0.25, 0.3) is 6.43 Å². The van der Waals surface area contributed by atoms with Gasteiger partial charge in [-0.15, -0.1) is 0 Å². The number of amides is 1. The Morgan fingerprint density at radius 2 is 1.60 bits per heavy atom. The number of aliphatic carboxylic acids is 1. The summed E-state index contributed by atoms with van der Waals surface area (Å²) in [6.07, 6.45) is 1.09. The molecule has 0 bridgehead atoms. The summed E-state index contributed by atoms with van der Waals surface area (Å²) in [5.41, 5.74) is -1.90. The van der Waals surface area contributed by atoms with Crippen molar-refractivity contribution in [3.05, 3.63) is 12.2 Å². The van der Waals surface area contributed by atoms with Crippen LogP contribution in [0.4, 0.5) is 13.6 Å². The molecule has 0 radical (unpaired) electrons. The zero-order chi connectivity index (χ0) is 44.5. The van der Waals surface area contributed by atoms with E-state index in [9.17, 15) is 38.5 Å². The zero-order valence-corrected chi connectivity index (χ0v) is 37.4. The molecule has 344 valence electrons. The lowest BCUT2D eigenvalue weighted by atomic mass is 9.72. The standard InChI is InChI=1S/C45H73F2NO12/c1-11-30(40(51)52)32-15-14-24(4)38(57-32)28(8)36(49)27(7)37(50)31(12-2)39-25(5)22-26(6)44(58-39)19-16-33(48-41(53)55-23-35(46)47)45(60-44)21-20-42(10,59-45)34-17-18-43(54,13-3)29(9)56-34/h16,19,24-36,38-39,49,54H,11-15,17-18,20-23H2,1-10H3,(H,48,53)(H,51,52)/t24-,25-,26+,27-,28-,29-,30+,31?,32+,33+,34+,36+,38+,39-,42-,43+,44-,45-/m0/s1. The van der Waals surface area contributed by atoms with Gasteiger partial charge in [0, 0.05) is 30.1 Å². The van der Waals surface area contributed by atoms with E-state index in [0.717, 1.165) is 6.42 Å². The predicted octanol–water partition coefficient (Wildman–Crippen LogP) is 7.19. The van der Waals surface area contributed by atoms with E-state index >= 15 is 0 Å². The molecule has 4 fully saturated rings. The fourth-order valence-corrected chi connectivity index (χ4v) is 11.0. The van der Waals surface area contributed by atoms with Gasteiger partial charge in [-0.05, 0) is 89.5 Å². The van der Waals surface area contributed by atoms with Crippen molar-refractivity contribution in [3.8, 4) is 0 Å². The molecule has 60 heavy (non-hydrogen) atoms. The van der Waals surface area contributed by atoms with Crippen molar-refractivity contribution in [2.45, 2.75) is 205 Å². The van der Waals surface area contributed by atoms with Gasteiger partial charge in [0.05, 0.1) is 53.7 Å². The summed E-state index contributed by atoms with van der Waals surface area (Å²) in [5, 5.41) is 35.5. The van der Waals surface area contributed by atoms with Crippen LogP contribution in [0.15, 0.2) is 12.2 Å². The molecule has 4 saturated heterocycles. The SMILES string of the molecule is CCC(C(=O)[C@@H](C)[C@@H](O)[C@H](C)[C@@H]1O[C@@H]([C@@H](CC)C(=O)O)CC[C@@H]1C)[C@H]1O[C@]2(C=C[C@@H](NC(=O)OCC(F)F)[C@]3(CC[C@@](C)([C@H]4CC[C@](O)(CC)[C@H](C)O4)O3)O2)[C@H](C)C[C@@H]1C. The number of rotatable bonds is 15. The maximum absolute atomic E-state index is 14.6. The number of carbonyl (C=O) groups is 3. The van der Waals surface area contributed by atoms with Gasteiger partial charge in [-0.2, -0.15) is 0 Å². The molecule has 5 rings (SSSR count). The molecule has 0 aromatic rings. The van der Waals surface area contributed by atoms with Crippen LogP contribution in [0.25, 0.3) is 0 Å². The molecule has 2 spiro atoms. The molecule has 0 aliphatic carbocycles. The van der Waals surface area contributed by atoms with Crippen LogP contribution >= 0.6 is 0 Å². The van der Waals surface area contributed by atoms with Gasteiger partial charge in [-0.25, -0.2) is 13.6 Å². The lowest BCUT2D eigenvalue weighted by Crippen LogP contribution is -2.65. The topological polar surface area (TPSA) is 179 Å². The molecular formula is C45H73F2NO12. The summed E-state index contributed by atoms with van der Waals surface area (Å²) < 4.78 is 64.7. The quantitative estimate of drug-likeness (QED) is 0.122. The van der Waals surface area contributed by atoms with Crippen LogP contribution in [0.3, 0.4) is 0 Å². The van der Waals surface area contributed by atoms with Crippen molar-refractivity contribution in [3.63, 3.8) is 0 Å². The summed E-state index contributed by atoms with van der Waals surface area (Å²) >= 11 is 0. The first-order valence-corrected chi connectivity index (χ1v) is 22.6. The minimum atomic E-state index is -2.85. The molecule has 0 aromatic carbocycles. The van der Waals surface area contributed by atoms with E-state index in [-0.39, 0.29) is 30.0 Å². The van der Waals surface area contributed by atoms with E-state index in [1.54, 1.807) is 19.1 Å². The van der Waals surface area contributed by atoms with Gasteiger partial charge in [0.2, 0.25) is 0 Å². The van der Waals surface area contributed by atoms with Crippen molar-refractivity contribution in [2.75, 3.05) is 6.61 Å². The van der Waals surface area contributed by atoms with Crippen LogP contribution in [0.1, 0.15) is 133 Å². The Balaban J connectivity index is 1.39. The third kappa shape index (κ3) is 9.77. The summed E-state index contributed by atoms with van der Waals surface area (Å²) in [7, 11) is 0. The number of alkyl halides is 2. The average Bonchev–Trinajstić information content (AvgIpc) is 3.54. The maximum atomic E-state index is 14.6. The van der Waals surface area contributed by atoms with Gasteiger partial charge >= 0.3 is 12.1 Å². The molecule has 5 aliphatic heterocycles. The number of hydrogen-bond donors (Lipinski definition) is 4. The molecule has 1 amide bonds. The third-order valence-electron chi connectivity index (χ3n) is 15.1. The third-order valence-corrected chi connectivity index (χ3v) is 15.1. The lowest BCUT2D eigenvalue weighted by Gasteiger charge is -2.55. The summed E-state index contributed by atoms with van der Waals surface area (Å²) in [5.74, 6) is -6.85. The highest BCUT2D eigenvalue weighted by molar-refractivity contribution is 5.84. The van der Waals surface area contributed by atoms with Gasteiger partial charge in [0.1, 0.15) is 11.8 Å². The second-order valence-electron chi connectivity index (χ2n) is 19.1. The zero-order valence-electron chi connectivity index (χ0n) is 37.4. The molecule has 5 heterocycles. The van der Waals surface area contributed by atoms with Crippen molar-refractivity contribution >= 4 is 17.8 Å². The Kier molecular flexibility index (Phi) is 15.6. The van der Waals surface area contributed by atoms with E-state index in [1.807, 2.05) is 62.3 Å². The first-order chi connectivity index (χ1) is 28.1. The lowest BCUT2D eigenvalue weighted by molar-refractivity contribution is -0.398. The highest BCUT2D eigenvalue weighted by atomic mass is 19.3. The van der Waals surface area contributed by atoms with Gasteiger partial charge in [-0.3, -0.25) is 9.59 Å². The molecule has 15 heteroatoms. The number of ether oxygens (including phenoxy) is 6.